The van der Waals surface area contributed by atoms with Crippen molar-refractivity contribution in [3.05, 3.63) is 64.1 Å². The summed E-state index contributed by atoms with van der Waals surface area (Å²) in [5.41, 5.74) is 1.38. The predicted molar refractivity (Wildman–Crippen MR) is 115 cm³/mol. The minimum atomic E-state index is -3.63. The zero-order valence-electron chi connectivity index (χ0n) is 16.6. The van der Waals surface area contributed by atoms with E-state index in [4.69, 9.17) is 4.74 Å². The Morgan fingerprint density at radius 1 is 1.10 bits per heavy atom. The van der Waals surface area contributed by atoms with Crippen LogP contribution in [0.1, 0.15) is 42.7 Å². The lowest BCUT2D eigenvalue weighted by atomic mass is 10.1. The summed E-state index contributed by atoms with van der Waals surface area (Å²) in [5, 5.41) is 2.94. The summed E-state index contributed by atoms with van der Waals surface area (Å²) in [5.74, 6) is -0.259. The molecule has 2 aromatic carbocycles. The normalized spacial score (nSPS) is 21.5. The molecule has 1 amide bonds. The zero-order valence-corrected chi connectivity index (χ0v) is 19.0. The molecule has 1 N–H and O–H groups in total. The molecule has 8 heteroatoms. The van der Waals surface area contributed by atoms with Gasteiger partial charge in [0.2, 0.25) is 10.0 Å². The molecule has 0 bridgehead atoms. The molecule has 3 atom stereocenters. The number of ether oxygens (including phenoxy) is 1. The fraction of sp³-hybridized carbons (Fsp3) is 0.381. The molecule has 1 saturated heterocycles. The number of sulfonamides is 1. The Morgan fingerprint density at radius 3 is 2.28 bits per heavy atom. The van der Waals surface area contributed by atoms with Crippen LogP contribution in [0.4, 0.5) is 0 Å². The van der Waals surface area contributed by atoms with E-state index in [1.54, 1.807) is 12.1 Å². The van der Waals surface area contributed by atoms with Crippen LogP contribution in [0.25, 0.3) is 0 Å². The van der Waals surface area contributed by atoms with Crippen molar-refractivity contribution in [1.29, 1.82) is 0 Å². The molecule has 156 valence electrons. The van der Waals surface area contributed by atoms with E-state index in [9.17, 15) is 13.2 Å². The van der Waals surface area contributed by atoms with Crippen molar-refractivity contribution in [1.82, 2.24) is 9.62 Å². The van der Waals surface area contributed by atoms with E-state index in [0.29, 0.717) is 18.7 Å². The van der Waals surface area contributed by atoms with Gasteiger partial charge >= 0.3 is 0 Å². The van der Waals surface area contributed by atoms with Crippen molar-refractivity contribution >= 4 is 31.9 Å². The van der Waals surface area contributed by atoms with Crippen LogP contribution in [0.3, 0.4) is 0 Å². The number of nitrogens with one attached hydrogen (secondary N) is 1. The number of halogens is 1. The first-order valence-corrected chi connectivity index (χ1v) is 11.7. The average Bonchev–Trinajstić information content (AvgIpc) is 2.67. The highest BCUT2D eigenvalue weighted by Crippen LogP contribution is 2.24. The van der Waals surface area contributed by atoms with Crippen LogP contribution in [0, 0.1) is 0 Å². The summed E-state index contributed by atoms with van der Waals surface area (Å²) in [6.07, 6.45) is -0.310. The van der Waals surface area contributed by atoms with Gasteiger partial charge < -0.3 is 10.1 Å². The Balaban J connectivity index is 1.72. The molecule has 0 saturated carbocycles. The minimum Gasteiger partial charge on any atom is -0.373 e. The van der Waals surface area contributed by atoms with E-state index in [-0.39, 0.29) is 29.1 Å². The van der Waals surface area contributed by atoms with Gasteiger partial charge in [-0.05, 0) is 56.7 Å². The van der Waals surface area contributed by atoms with Crippen molar-refractivity contribution in [2.45, 2.75) is 43.9 Å². The van der Waals surface area contributed by atoms with Crippen LogP contribution in [0.5, 0.6) is 0 Å². The second-order valence-corrected chi connectivity index (χ2v) is 10.1. The zero-order chi connectivity index (χ0) is 21.2. The monoisotopic (exact) mass is 480 g/mol. The largest absolute Gasteiger partial charge is 0.373 e. The van der Waals surface area contributed by atoms with Gasteiger partial charge in [0.25, 0.3) is 5.91 Å². The molecule has 1 fully saturated rings. The Labute approximate surface area is 180 Å². The molecular formula is C21H25BrN2O4S. The SMILES string of the molecule is CC1CN(S(=O)(=O)c2ccc(C(=O)NC(C)c3ccccc3Br)cc2)CC(C)O1. The quantitative estimate of drug-likeness (QED) is 0.706. The highest BCUT2D eigenvalue weighted by molar-refractivity contribution is 9.10. The number of carbonyl (C=O) groups is 1. The average molecular weight is 481 g/mol. The topological polar surface area (TPSA) is 75.7 Å². The molecule has 0 aliphatic carbocycles. The number of morpholine rings is 1. The molecule has 1 aliphatic rings. The second kappa shape index (κ2) is 8.95. The lowest BCUT2D eigenvalue weighted by molar-refractivity contribution is -0.0440. The highest BCUT2D eigenvalue weighted by Gasteiger charge is 2.32. The van der Waals surface area contributed by atoms with E-state index in [1.165, 1.54) is 16.4 Å². The Morgan fingerprint density at radius 2 is 1.69 bits per heavy atom. The van der Waals surface area contributed by atoms with Crippen LogP contribution < -0.4 is 5.32 Å². The van der Waals surface area contributed by atoms with Crippen LogP contribution >= 0.6 is 15.9 Å². The summed E-state index contributed by atoms with van der Waals surface area (Å²) < 4.78 is 33.8. The van der Waals surface area contributed by atoms with Gasteiger partial charge in [-0.1, -0.05) is 34.1 Å². The van der Waals surface area contributed by atoms with Crippen molar-refractivity contribution in [2.75, 3.05) is 13.1 Å². The number of hydrogen-bond donors (Lipinski definition) is 1. The third-order valence-electron chi connectivity index (χ3n) is 4.86. The van der Waals surface area contributed by atoms with Crippen molar-refractivity contribution in [2.24, 2.45) is 0 Å². The van der Waals surface area contributed by atoms with Gasteiger partial charge in [0.1, 0.15) is 0 Å². The number of carbonyl (C=O) groups excluding carboxylic acids is 1. The van der Waals surface area contributed by atoms with Gasteiger partial charge in [-0.25, -0.2) is 8.42 Å². The third-order valence-corrected chi connectivity index (χ3v) is 7.43. The van der Waals surface area contributed by atoms with Gasteiger partial charge in [0, 0.05) is 23.1 Å². The van der Waals surface area contributed by atoms with E-state index in [0.717, 1.165) is 10.0 Å². The summed E-state index contributed by atoms with van der Waals surface area (Å²) in [6, 6.07) is 13.5. The molecule has 2 aromatic rings. The smallest absolute Gasteiger partial charge is 0.251 e. The summed E-state index contributed by atoms with van der Waals surface area (Å²) in [6.45, 7) is 6.25. The van der Waals surface area contributed by atoms with Gasteiger partial charge in [0.05, 0.1) is 23.1 Å². The first-order valence-electron chi connectivity index (χ1n) is 9.49. The number of benzene rings is 2. The van der Waals surface area contributed by atoms with Gasteiger partial charge in [-0.2, -0.15) is 4.31 Å². The first-order chi connectivity index (χ1) is 13.7. The summed E-state index contributed by atoms with van der Waals surface area (Å²) in [4.78, 5) is 12.8. The molecule has 1 heterocycles. The molecule has 0 aromatic heterocycles. The standard InChI is InChI=1S/C21H25BrN2O4S/c1-14-12-24(13-15(2)28-14)29(26,27)18-10-8-17(9-11-18)21(25)23-16(3)19-6-4-5-7-20(19)22/h4-11,14-16H,12-13H2,1-3H3,(H,23,25). The lowest BCUT2D eigenvalue weighted by Gasteiger charge is -2.34. The Bertz CT molecular complexity index is 968. The Kier molecular flexibility index (Phi) is 6.78. The third kappa shape index (κ3) is 5.06. The van der Waals surface area contributed by atoms with Crippen molar-refractivity contribution < 1.29 is 17.9 Å². The van der Waals surface area contributed by atoms with Crippen LogP contribution in [0.2, 0.25) is 0 Å². The minimum absolute atomic E-state index is 0.155. The molecule has 6 nitrogen and oxygen atoms in total. The Hall–Kier alpha value is -1.74. The molecular weight excluding hydrogens is 456 g/mol. The molecule has 0 spiro atoms. The predicted octanol–water partition coefficient (Wildman–Crippen LogP) is 3.74. The van der Waals surface area contributed by atoms with Crippen LogP contribution in [0.15, 0.2) is 57.9 Å². The van der Waals surface area contributed by atoms with Crippen molar-refractivity contribution in [3.8, 4) is 0 Å². The number of hydrogen-bond acceptors (Lipinski definition) is 4. The first kappa shape index (κ1) is 22.0. The molecule has 1 aliphatic heterocycles. The molecule has 29 heavy (non-hydrogen) atoms. The second-order valence-electron chi connectivity index (χ2n) is 7.32. The maximum absolute atomic E-state index is 12.9. The van der Waals surface area contributed by atoms with Crippen LogP contribution in [-0.4, -0.2) is 43.9 Å². The van der Waals surface area contributed by atoms with Gasteiger partial charge in [-0.3, -0.25) is 4.79 Å². The highest BCUT2D eigenvalue weighted by atomic mass is 79.9. The number of amides is 1. The molecule has 3 rings (SSSR count). The van der Waals surface area contributed by atoms with E-state index in [2.05, 4.69) is 21.2 Å². The maximum Gasteiger partial charge on any atom is 0.251 e. The van der Waals surface area contributed by atoms with E-state index >= 15 is 0 Å². The summed E-state index contributed by atoms with van der Waals surface area (Å²) in [7, 11) is -3.63. The number of nitrogens with zero attached hydrogens (tertiary/aromatic N) is 1. The van der Waals surface area contributed by atoms with Crippen LogP contribution in [-0.2, 0) is 14.8 Å². The molecule has 3 unspecified atom stereocenters. The van der Waals surface area contributed by atoms with Gasteiger partial charge in [-0.15, -0.1) is 0 Å². The fourth-order valence-electron chi connectivity index (χ4n) is 3.44. The lowest BCUT2D eigenvalue weighted by Crippen LogP contribution is -2.48. The summed E-state index contributed by atoms with van der Waals surface area (Å²) >= 11 is 3.49. The number of rotatable bonds is 5. The van der Waals surface area contributed by atoms with E-state index < -0.39 is 10.0 Å². The van der Waals surface area contributed by atoms with Crippen molar-refractivity contribution in [3.63, 3.8) is 0 Å². The maximum atomic E-state index is 12.9. The van der Waals surface area contributed by atoms with Gasteiger partial charge in [0.15, 0.2) is 0 Å². The van der Waals surface area contributed by atoms with E-state index in [1.807, 2.05) is 45.0 Å². The fourth-order valence-corrected chi connectivity index (χ4v) is 5.66. The molecule has 0 radical (unpaired) electrons.